The fraction of sp³-hybridized carbons (Fsp3) is 0.571. The van der Waals surface area contributed by atoms with Crippen molar-refractivity contribution < 1.29 is 9.53 Å². The highest BCUT2D eigenvalue weighted by molar-refractivity contribution is 5.92. The summed E-state index contributed by atoms with van der Waals surface area (Å²) in [7, 11) is 0. The van der Waals surface area contributed by atoms with Gasteiger partial charge in [0.25, 0.3) is 5.91 Å². The highest BCUT2D eigenvalue weighted by Gasteiger charge is 2.23. The summed E-state index contributed by atoms with van der Waals surface area (Å²) in [5, 5.41) is 11.3. The smallest absolute Gasteiger partial charge is 0.273 e. The van der Waals surface area contributed by atoms with Gasteiger partial charge < -0.3 is 10.1 Å². The van der Waals surface area contributed by atoms with Crippen LogP contribution >= 0.6 is 0 Å². The van der Waals surface area contributed by atoms with Gasteiger partial charge in [-0.15, -0.1) is 5.10 Å². The van der Waals surface area contributed by atoms with E-state index in [1.54, 1.807) is 10.9 Å². The Hall–Kier alpha value is -2.29. The van der Waals surface area contributed by atoms with Crippen LogP contribution in [0.5, 0.6) is 0 Å². The number of aromatic nitrogens is 3. The maximum atomic E-state index is 12.6. The Bertz CT molecular complexity index is 774. The molecule has 2 aliphatic heterocycles. The number of nitrogens with one attached hydrogen (secondary N) is 1. The maximum absolute atomic E-state index is 12.6. The molecule has 4 rings (SSSR count). The lowest BCUT2D eigenvalue weighted by molar-refractivity contribution is 0.0359. The molecule has 0 radical (unpaired) electrons. The quantitative estimate of drug-likeness (QED) is 0.750. The van der Waals surface area contributed by atoms with Crippen LogP contribution in [0.25, 0.3) is 0 Å². The topological polar surface area (TPSA) is 75.5 Å². The highest BCUT2D eigenvalue weighted by atomic mass is 16.5. The number of ether oxygens (including phenoxy) is 1. The molecule has 1 amide bonds. The first kappa shape index (κ1) is 20.0. The molecule has 1 atom stereocenters. The summed E-state index contributed by atoms with van der Waals surface area (Å²) in [5.41, 5.74) is 1.70. The van der Waals surface area contributed by atoms with Crippen molar-refractivity contribution in [3.8, 4) is 0 Å². The number of morpholine rings is 1. The van der Waals surface area contributed by atoms with Crippen LogP contribution in [0.4, 0.5) is 0 Å². The zero-order valence-corrected chi connectivity index (χ0v) is 16.9. The molecule has 29 heavy (non-hydrogen) atoms. The van der Waals surface area contributed by atoms with Gasteiger partial charge in [-0.1, -0.05) is 35.5 Å². The predicted molar refractivity (Wildman–Crippen MR) is 109 cm³/mol. The summed E-state index contributed by atoms with van der Waals surface area (Å²) in [6.07, 6.45) is 3.84. The number of amides is 1. The van der Waals surface area contributed by atoms with E-state index in [0.717, 1.165) is 71.9 Å². The Labute approximate surface area is 171 Å². The third-order valence-corrected chi connectivity index (χ3v) is 5.61. The monoisotopic (exact) mass is 398 g/mol. The van der Waals surface area contributed by atoms with Gasteiger partial charge in [0.2, 0.25) is 0 Å². The number of nitrogens with zero attached hydrogens (tertiary/aromatic N) is 5. The van der Waals surface area contributed by atoms with E-state index < -0.39 is 0 Å². The molecule has 1 N–H and O–H groups in total. The number of benzene rings is 1. The second-order valence-corrected chi connectivity index (χ2v) is 7.85. The SMILES string of the molecule is O=C(NC1CCCN(Cc2ccccc2)C1)c1cn(CCN2CCOCC2)nn1. The average molecular weight is 399 g/mol. The third kappa shape index (κ3) is 5.85. The van der Waals surface area contributed by atoms with Crippen molar-refractivity contribution in [2.24, 2.45) is 0 Å². The van der Waals surface area contributed by atoms with Gasteiger partial charge in [0, 0.05) is 38.8 Å². The Morgan fingerprint density at radius 3 is 2.76 bits per heavy atom. The van der Waals surface area contributed by atoms with E-state index in [4.69, 9.17) is 4.74 Å². The van der Waals surface area contributed by atoms with Crippen LogP contribution in [-0.2, 0) is 17.8 Å². The summed E-state index contributed by atoms with van der Waals surface area (Å²) in [6, 6.07) is 10.6. The number of rotatable bonds is 7. The normalized spacial score (nSPS) is 21.2. The van der Waals surface area contributed by atoms with Crippen LogP contribution in [0.15, 0.2) is 36.5 Å². The molecule has 1 unspecified atom stereocenters. The third-order valence-electron chi connectivity index (χ3n) is 5.61. The van der Waals surface area contributed by atoms with Crippen molar-refractivity contribution >= 4 is 5.91 Å². The first-order valence-electron chi connectivity index (χ1n) is 10.5. The van der Waals surface area contributed by atoms with Gasteiger partial charge >= 0.3 is 0 Å². The lowest BCUT2D eigenvalue weighted by atomic mass is 10.0. The largest absolute Gasteiger partial charge is 0.379 e. The van der Waals surface area contributed by atoms with Crippen LogP contribution in [-0.4, -0.2) is 82.7 Å². The Morgan fingerprint density at radius 1 is 1.10 bits per heavy atom. The van der Waals surface area contributed by atoms with E-state index in [2.05, 4.69) is 49.7 Å². The molecule has 0 bridgehead atoms. The molecule has 0 aliphatic carbocycles. The minimum atomic E-state index is -0.130. The molecule has 0 spiro atoms. The highest BCUT2D eigenvalue weighted by Crippen LogP contribution is 2.14. The molecule has 0 saturated carbocycles. The Kier molecular flexibility index (Phi) is 6.87. The number of piperidine rings is 1. The van der Waals surface area contributed by atoms with Crippen molar-refractivity contribution in [3.05, 3.63) is 47.8 Å². The summed E-state index contributed by atoms with van der Waals surface area (Å²) < 4.78 is 7.12. The van der Waals surface area contributed by atoms with E-state index >= 15 is 0 Å². The van der Waals surface area contributed by atoms with Crippen molar-refractivity contribution in [1.82, 2.24) is 30.1 Å². The molecule has 1 aromatic carbocycles. The molecule has 2 aliphatic rings. The summed E-state index contributed by atoms with van der Waals surface area (Å²) in [4.78, 5) is 17.4. The second kappa shape index (κ2) is 9.96. The van der Waals surface area contributed by atoms with Crippen LogP contribution in [0.1, 0.15) is 28.9 Å². The molecule has 1 aromatic heterocycles. The first-order chi connectivity index (χ1) is 14.3. The molecule has 2 fully saturated rings. The van der Waals surface area contributed by atoms with Crippen LogP contribution in [0.2, 0.25) is 0 Å². The minimum Gasteiger partial charge on any atom is -0.379 e. The zero-order chi connectivity index (χ0) is 19.9. The van der Waals surface area contributed by atoms with Crippen molar-refractivity contribution in [3.63, 3.8) is 0 Å². The minimum absolute atomic E-state index is 0.130. The van der Waals surface area contributed by atoms with Crippen molar-refractivity contribution in [2.45, 2.75) is 32.0 Å². The van der Waals surface area contributed by atoms with E-state index in [1.165, 1.54) is 5.56 Å². The lowest BCUT2D eigenvalue weighted by Gasteiger charge is -2.33. The predicted octanol–water partition coefficient (Wildman–Crippen LogP) is 1.00. The molecule has 2 saturated heterocycles. The van der Waals surface area contributed by atoms with Crippen LogP contribution < -0.4 is 5.32 Å². The fourth-order valence-electron chi connectivity index (χ4n) is 4.00. The van der Waals surface area contributed by atoms with Gasteiger partial charge in [0.05, 0.1) is 26.0 Å². The Morgan fingerprint density at radius 2 is 1.93 bits per heavy atom. The molecular formula is C21H30N6O2. The molecular weight excluding hydrogens is 368 g/mol. The average Bonchev–Trinajstić information content (AvgIpc) is 3.23. The van der Waals surface area contributed by atoms with Crippen LogP contribution in [0.3, 0.4) is 0 Å². The van der Waals surface area contributed by atoms with Gasteiger partial charge in [-0.05, 0) is 24.9 Å². The molecule has 3 heterocycles. The number of likely N-dealkylation sites (tertiary alicyclic amines) is 1. The van der Waals surface area contributed by atoms with E-state index in [0.29, 0.717) is 5.69 Å². The van der Waals surface area contributed by atoms with E-state index in [-0.39, 0.29) is 11.9 Å². The second-order valence-electron chi connectivity index (χ2n) is 7.85. The molecule has 8 nitrogen and oxygen atoms in total. The van der Waals surface area contributed by atoms with E-state index in [1.807, 2.05) is 6.07 Å². The molecule has 156 valence electrons. The molecule has 8 heteroatoms. The standard InChI is InChI=1S/C21H30N6O2/c28-21(20-17-27(24-23-20)10-9-25-11-13-29-14-12-25)22-19-7-4-8-26(16-19)15-18-5-2-1-3-6-18/h1-3,5-6,17,19H,4,7-16H2,(H,22,28). The maximum Gasteiger partial charge on any atom is 0.273 e. The van der Waals surface area contributed by atoms with Gasteiger partial charge in [-0.3, -0.25) is 19.3 Å². The van der Waals surface area contributed by atoms with Crippen LogP contribution in [0, 0.1) is 0 Å². The van der Waals surface area contributed by atoms with Gasteiger partial charge in [-0.25, -0.2) is 0 Å². The first-order valence-corrected chi connectivity index (χ1v) is 10.5. The summed E-state index contributed by atoms with van der Waals surface area (Å²) in [5.74, 6) is -0.130. The van der Waals surface area contributed by atoms with Gasteiger partial charge in [0.15, 0.2) is 5.69 Å². The van der Waals surface area contributed by atoms with Gasteiger partial charge in [0.1, 0.15) is 0 Å². The lowest BCUT2D eigenvalue weighted by Crippen LogP contribution is -2.47. The van der Waals surface area contributed by atoms with Crippen molar-refractivity contribution in [2.75, 3.05) is 45.9 Å². The number of hydrogen-bond donors (Lipinski definition) is 1. The fourth-order valence-corrected chi connectivity index (χ4v) is 4.00. The summed E-state index contributed by atoms with van der Waals surface area (Å²) in [6.45, 7) is 7.95. The number of carbonyl (C=O) groups excluding carboxylic acids is 1. The number of carbonyl (C=O) groups is 1. The zero-order valence-electron chi connectivity index (χ0n) is 16.9. The van der Waals surface area contributed by atoms with Crippen molar-refractivity contribution in [1.29, 1.82) is 0 Å². The molecule has 2 aromatic rings. The number of hydrogen-bond acceptors (Lipinski definition) is 6. The van der Waals surface area contributed by atoms with E-state index in [9.17, 15) is 4.79 Å². The Balaban J connectivity index is 1.25. The summed E-state index contributed by atoms with van der Waals surface area (Å²) >= 11 is 0. The van der Waals surface area contributed by atoms with Gasteiger partial charge in [-0.2, -0.15) is 0 Å².